The van der Waals surface area contributed by atoms with Gasteiger partial charge in [-0.1, -0.05) is 27.7 Å². The number of nitrogens with zero attached hydrogens (tertiary/aromatic N) is 2. The van der Waals surface area contributed by atoms with E-state index in [1.165, 1.54) is 0 Å². The molecule has 0 saturated carbocycles. The molecule has 0 aliphatic heterocycles. The molecule has 0 aliphatic rings. The normalized spacial score (nSPS) is 10.5. The molecule has 80 valence electrons. The molecule has 0 spiro atoms. The maximum Gasteiger partial charge on any atom is 0.0892 e. The summed E-state index contributed by atoms with van der Waals surface area (Å²) in [5, 5.41) is 0. The van der Waals surface area contributed by atoms with Crippen LogP contribution in [0.5, 0.6) is 0 Å². The van der Waals surface area contributed by atoms with Gasteiger partial charge in [-0.15, -0.1) is 0 Å². The van der Waals surface area contributed by atoms with Crippen molar-refractivity contribution >= 4 is 12.4 Å². The van der Waals surface area contributed by atoms with Crippen LogP contribution in [0.25, 0.3) is 0 Å². The van der Waals surface area contributed by atoms with E-state index >= 15 is 0 Å². The highest BCUT2D eigenvalue weighted by Gasteiger charge is 2.08. The van der Waals surface area contributed by atoms with Gasteiger partial charge in [-0.25, -0.2) is 0 Å². The van der Waals surface area contributed by atoms with Gasteiger partial charge in [-0.05, 0) is 27.0 Å². The van der Waals surface area contributed by atoms with Crippen molar-refractivity contribution in [3.05, 3.63) is 0 Å². The Bertz CT molecular complexity index is 110. The van der Waals surface area contributed by atoms with Crippen molar-refractivity contribution in [1.82, 2.24) is 0 Å². The van der Waals surface area contributed by atoms with Gasteiger partial charge in [-0.2, -0.15) is 0 Å². The molecule has 2 heteroatoms. The molecular weight excluding hydrogens is 160 g/mol. The van der Waals surface area contributed by atoms with E-state index in [0.717, 1.165) is 0 Å². The third kappa shape index (κ3) is 18.4. The zero-order valence-electron chi connectivity index (χ0n) is 10.5. The standard InChI is InChI=1S/C7H14N2.2C2H6/c1-5-9-7(2,3)6-8-4;2*1-2/h5-6H,1-4H3;2*1-2H3. The van der Waals surface area contributed by atoms with Gasteiger partial charge in [0.15, 0.2) is 0 Å². The first-order chi connectivity index (χ1) is 6.12. The quantitative estimate of drug-likeness (QED) is 0.589. The van der Waals surface area contributed by atoms with Crippen molar-refractivity contribution in [3.63, 3.8) is 0 Å². The van der Waals surface area contributed by atoms with Crippen LogP contribution in [0.15, 0.2) is 9.98 Å². The lowest BCUT2D eigenvalue weighted by Gasteiger charge is -2.10. The summed E-state index contributed by atoms with van der Waals surface area (Å²) in [7, 11) is 1.76. The van der Waals surface area contributed by atoms with E-state index in [9.17, 15) is 0 Å². The fraction of sp³-hybridized carbons (Fsp3) is 0.818. The molecular formula is C11H26N2. The molecule has 0 aromatic heterocycles. The maximum absolute atomic E-state index is 4.17. The summed E-state index contributed by atoms with van der Waals surface area (Å²) in [6.45, 7) is 13.9. The Balaban J connectivity index is -0.000000218. The van der Waals surface area contributed by atoms with E-state index in [1.807, 2.05) is 54.7 Å². The first-order valence-electron chi connectivity index (χ1n) is 5.05. The third-order valence-electron chi connectivity index (χ3n) is 0.907. The smallest absolute Gasteiger partial charge is 0.0892 e. The fourth-order valence-electron chi connectivity index (χ4n) is 0.682. The van der Waals surface area contributed by atoms with E-state index in [1.54, 1.807) is 13.3 Å². The molecule has 0 bridgehead atoms. The molecule has 13 heavy (non-hydrogen) atoms. The van der Waals surface area contributed by atoms with Crippen molar-refractivity contribution in [2.45, 2.75) is 54.0 Å². The zero-order chi connectivity index (χ0) is 11.3. The highest BCUT2D eigenvalue weighted by Crippen LogP contribution is 2.02. The first kappa shape index (κ1) is 18.2. The zero-order valence-corrected chi connectivity index (χ0v) is 10.5. The minimum atomic E-state index is -0.122. The second-order valence-corrected chi connectivity index (χ2v) is 2.43. The van der Waals surface area contributed by atoms with Crippen LogP contribution in [-0.4, -0.2) is 25.0 Å². The van der Waals surface area contributed by atoms with Crippen molar-refractivity contribution in [1.29, 1.82) is 0 Å². The summed E-state index contributed by atoms with van der Waals surface area (Å²) < 4.78 is 0. The molecule has 0 atom stereocenters. The number of hydrogen-bond acceptors (Lipinski definition) is 2. The van der Waals surface area contributed by atoms with E-state index in [4.69, 9.17) is 0 Å². The van der Waals surface area contributed by atoms with Crippen LogP contribution in [0.1, 0.15) is 48.5 Å². The molecule has 0 aliphatic carbocycles. The van der Waals surface area contributed by atoms with Gasteiger partial charge in [-0.3, -0.25) is 9.98 Å². The lowest BCUT2D eigenvalue weighted by atomic mass is 10.1. The largest absolute Gasteiger partial charge is 0.298 e. The number of rotatable bonds is 2. The Morgan fingerprint density at radius 2 is 1.38 bits per heavy atom. The molecule has 0 N–H and O–H groups in total. The topological polar surface area (TPSA) is 24.7 Å². The van der Waals surface area contributed by atoms with E-state index < -0.39 is 0 Å². The van der Waals surface area contributed by atoms with Crippen LogP contribution in [0, 0.1) is 0 Å². The maximum atomic E-state index is 4.17. The first-order valence-corrected chi connectivity index (χ1v) is 5.05. The molecule has 0 unspecified atom stereocenters. The highest BCUT2D eigenvalue weighted by molar-refractivity contribution is 5.72. The van der Waals surface area contributed by atoms with Crippen LogP contribution in [0.3, 0.4) is 0 Å². The van der Waals surface area contributed by atoms with Gasteiger partial charge in [0.1, 0.15) is 0 Å². The van der Waals surface area contributed by atoms with Crippen LogP contribution in [-0.2, 0) is 0 Å². The minimum absolute atomic E-state index is 0.122. The number of hydrogen-bond donors (Lipinski definition) is 0. The second-order valence-electron chi connectivity index (χ2n) is 2.43. The summed E-state index contributed by atoms with van der Waals surface area (Å²) >= 11 is 0. The van der Waals surface area contributed by atoms with E-state index in [0.29, 0.717) is 0 Å². The second kappa shape index (κ2) is 13.9. The van der Waals surface area contributed by atoms with Crippen LogP contribution >= 0.6 is 0 Å². The van der Waals surface area contributed by atoms with Gasteiger partial charge < -0.3 is 0 Å². The highest BCUT2D eigenvalue weighted by atomic mass is 14.8. The Kier molecular flexibility index (Phi) is 19.4. The minimum Gasteiger partial charge on any atom is -0.298 e. The molecule has 0 amide bonds. The molecule has 0 aromatic carbocycles. The molecule has 2 nitrogen and oxygen atoms in total. The van der Waals surface area contributed by atoms with Crippen molar-refractivity contribution in [2.24, 2.45) is 9.98 Å². The predicted octanol–water partition coefficient (Wildman–Crippen LogP) is 3.61. The summed E-state index contributed by atoms with van der Waals surface area (Å²) in [5.74, 6) is 0. The lowest BCUT2D eigenvalue weighted by Crippen LogP contribution is -2.17. The van der Waals surface area contributed by atoms with Gasteiger partial charge in [0, 0.05) is 13.3 Å². The van der Waals surface area contributed by atoms with Gasteiger partial charge in [0.05, 0.1) is 5.54 Å². The summed E-state index contributed by atoms with van der Waals surface area (Å²) in [6, 6.07) is 0. The molecule has 0 radical (unpaired) electrons. The van der Waals surface area contributed by atoms with Gasteiger partial charge in [0.2, 0.25) is 0 Å². The lowest BCUT2D eigenvalue weighted by molar-refractivity contribution is 0.719. The average molecular weight is 186 g/mol. The molecule has 0 fully saturated rings. The van der Waals surface area contributed by atoms with Gasteiger partial charge >= 0.3 is 0 Å². The van der Waals surface area contributed by atoms with Crippen molar-refractivity contribution in [3.8, 4) is 0 Å². The Labute approximate surface area is 84.2 Å². The van der Waals surface area contributed by atoms with Crippen LogP contribution < -0.4 is 0 Å². The molecule has 0 heterocycles. The van der Waals surface area contributed by atoms with E-state index in [2.05, 4.69) is 9.98 Å². The van der Waals surface area contributed by atoms with Crippen molar-refractivity contribution < 1.29 is 0 Å². The third-order valence-corrected chi connectivity index (χ3v) is 0.907. The van der Waals surface area contributed by atoms with E-state index in [-0.39, 0.29) is 5.54 Å². The Hall–Kier alpha value is -0.660. The Morgan fingerprint density at radius 1 is 1.00 bits per heavy atom. The summed E-state index contributed by atoms with van der Waals surface area (Å²) in [5.41, 5.74) is -0.122. The molecule has 0 aromatic rings. The molecule has 0 rings (SSSR count). The predicted molar refractivity (Wildman–Crippen MR) is 65.4 cm³/mol. The summed E-state index contributed by atoms with van der Waals surface area (Å²) in [4.78, 5) is 8.06. The fourth-order valence-corrected chi connectivity index (χ4v) is 0.682. The van der Waals surface area contributed by atoms with Gasteiger partial charge in [0.25, 0.3) is 0 Å². The van der Waals surface area contributed by atoms with Crippen molar-refractivity contribution in [2.75, 3.05) is 7.05 Å². The Morgan fingerprint density at radius 3 is 1.62 bits per heavy atom. The van der Waals surface area contributed by atoms with Crippen LogP contribution in [0.2, 0.25) is 0 Å². The SMILES string of the molecule is CC.CC.CC=NC(C)(C)C=NC. The van der Waals surface area contributed by atoms with Crippen LogP contribution in [0.4, 0.5) is 0 Å². The molecule has 0 saturated heterocycles. The monoisotopic (exact) mass is 186 g/mol. The summed E-state index contributed by atoms with van der Waals surface area (Å²) in [6.07, 6.45) is 3.62. The average Bonchev–Trinajstić information content (AvgIpc) is 2.11. The number of aliphatic imine (C=N–C) groups is 2.